The summed E-state index contributed by atoms with van der Waals surface area (Å²) in [5.41, 5.74) is 6.89. The van der Waals surface area contributed by atoms with E-state index in [1.165, 1.54) is 5.69 Å². The molecular weight excluding hydrogens is 421 g/mol. The van der Waals surface area contributed by atoms with Gasteiger partial charge in [-0.05, 0) is 0 Å². The van der Waals surface area contributed by atoms with Gasteiger partial charge in [-0.1, -0.05) is 0 Å². The fourth-order valence-electron chi connectivity index (χ4n) is 3.73. The summed E-state index contributed by atoms with van der Waals surface area (Å²) in [6, 6.07) is 22.9. The Kier molecular flexibility index (Phi) is 5.01. The van der Waals surface area contributed by atoms with Crippen LogP contribution in [0.25, 0.3) is 33.5 Å². The summed E-state index contributed by atoms with van der Waals surface area (Å²) in [4.78, 5) is 16.6. The topological polar surface area (TPSA) is 53.9 Å². The van der Waals surface area contributed by atoms with Crippen molar-refractivity contribution in [2.24, 2.45) is 0 Å². The molecule has 1 N–H and O–H groups in total. The van der Waals surface area contributed by atoms with Crippen LogP contribution in [0.5, 0.6) is 0 Å². The molecule has 0 bridgehead atoms. The van der Waals surface area contributed by atoms with Crippen LogP contribution in [0.2, 0.25) is 0 Å². The number of rotatable bonds is 3. The number of nitrogens with one attached hydrogen (secondary N) is 1. The van der Waals surface area contributed by atoms with Gasteiger partial charge in [0.1, 0.15) is 0 Å². The van der Waals surface area contributed by atoms with Gasteiger partial charge < -0.3 is 5.32 Å². The number of nitrogens with zero attached hydrogens (tertiary/aromatic N) is 4. The number of piperazine rings is 1. The van der Waals surface area contributed by atoms with Gasteiger partial charge in [-0.15, -0.1) is 0 Å². The Labute approximate surface area is 178 Å². The summed E-state index contributed by atoms with van der Waals surface area (Å²) in [7, 11) is 0. The van der Waals surface area contributed by atoms with Crippen LogP contribution < -0.4 is 14.8 Å². The Morgan fingerprint density at radius 1 is 0.759 bits per heavy atom. The van der Waals surface area contributed by atoms with Crippen LogP contribution in [0.1, 0.15) is 0 Å². The Bertz CT molecular complexity index is 1140. The minimum atomic E-state index is 0.693. The first kappa shape index (κ1) is 18.3. The Morgan fingerprint density at radius 2 is 1.52 bits per heavy atom. The van der Waals surface area contributed by atoms with E-state index in [4.69, 9.17) is 4.98 Å². The standard InChI is InChI=1S/C23H20AsN5/c24-23-27-20-11-10-19(26-22(20)21(28-23)17-4-2-1-3-5-17)16-6-8-18(9-7-16)29-14-12-25-13-15-29/h1-11,25H,12-15H2. The molecule has 1 aliphatic rings. The van der Waals surface area contributed by atoms with Gasteiger partial charge in [0.15, 0.2) is 0 Å². The normalized spacial score (nSPS) is 14.3. The molecule has 2 aromatic heterocycles. The molecule has 2 radical (unpaired) electrons. The van der Waals surface area contributed by atoms with E-state index in [0.717, 1.165) is 59.7 Å². The first-order valence-corrected chi connectivity index (χ1v) is 10.7. The molecule has 5 rings (SSSR count). The van der Waals surface area contributed by atoms with E-state index in [2.05, 4.69) is 73.4 Å². The zero-order valence-corrected chi connectivity index (χ0v) is 17.8. The predicted molar refractivity (Wildman–Crippen MR) is 119 cm³/mol. The summed E-state index contributed by atoms with van der Waals surface area (Å²) in [6.07, 6.45) is 0. The molecule has 0 spiro atoms. The van der Waals surface area contributed by atoms with Crippen molar-refractivity contribution in [3.05, 3.63) is 66.7 Å². The minimum absolute atomic E-state index is 0.693. The van der Waals surface area contributed by atoms with Gasteiger partial charge in [-0.25, -0.2) is 0 Å². The molecule has 0 amide bonds. The van der Waals surface area contributed by atoms with Crippen LogP contribution in [0, 0.1) is 0 Å². The maximum atomic E-state index is 4.95. The first-order chi connectivity index (χ1) is 14.3. The summed E-state index contributed by atoms with van der Waals surface area (Å²) in [6.45, 7) is 4.16. The summed E-state index contributed by atoms with van der Waals surface area (Å²) < 4.78 is 0.693. The van der Waals surface area contributed by atoms with Crippen molar-refractivity contribution in [2.75, 3.05) is 31.1 Å². The molecule has 1 fully saturated rings. The summed E-state index contributed by atoms with van der Waals surface area (Å²) in [5, 5.41) is 3.40. The molecule has 4 aromatic rings. The van der Waals surface area contributed by atoms with E-state index < -0.39 is 0 Å². The third-order valence-electron chi connectivity index (χ3n) is 5.22. The summed E-state index contributed by atoms with van der Waals surface area (Å²) >= 11 is 2.43. The third-order valence-corrected chi connectivity index (χ3v) is 5.64. The van der Waals surface area contributed by atoms with Gasteiger partial charge in [0.05, 0.1) is 0 Å². The van der Waals surface area contributed by atoms with Gasteiger partial charge in [0, 0.05) is 13.1 Å². The van der Waals surface area contributed by atoms with Gasteiger partial charge in [0.2, 0.25) is 0 Å². The van der Waals surface area contributed by atoms with Crippen LogP contribution in [-0.2, 0) is 0 Å². The fourth-order valence-corrected chi connectivity index (χ4v) is 4.16. The van der Waals surface area contributed by atoms with Crippen LogP contribution in [0.3, 0.4) is 0 Å². The van der Waals surface area contributed by atoms with E-state index in [1.807, 2.05) is 30.3 Å². The Morgan fingerprint density at radius 3 is 2.28 bits per heavy atom. The number of hydrogen-bond donors (Lipinski definition) is 1. The van der Waals surface area contributed by atoms with Gasteiger partial charge in [-0.3, -0.25) is 0 Å². The van der Waals surface area contributed by atoms with Gasteiger partial charge >= 0.3 is 160 Å². The van der Waals surface area contributed by atoms with Crippen molar-refractivity contribution in [3.63, 3.8) is 0 Å². The van der Waals surface area contributed by atoms with Crippen molar-refractivity contribution in [1.29, 1.82) is 0 Å². The predicted octanol–water partition coefficient (Wildman–Crippen LogP) is 2.56. The van der Waals surface area contributed by atoms with E-state index >= 15 is 0 Å². The number of fused-ring (bicyclic) bond motifs is 1. The number of hydrogen-bond acceptors (Lipinski definition) is 5. The molecular formula is C23H20AsN5. The Hall–Kier alpha value is -2.75. The first-order valence-electron chi connectivity index (χ1n) is 9.77. The van der Waals surface area contributed by atoms with E-state index in [9.17, 15) is 0 Å². The van der Waals surface area contributed by atoms with E-state index in [0.29, 0.717) is 4.61 Å². The maximum absolute atomic E-state index is 4.95. The SMILES string of the molecule is [As]c1nc(-c2ccccc2)c2nc(-c3ccc(N4CCNCC4)cc3)ccc2n1. The van der Waals surface area contributed by atoms with Gasteiger partial charge in [0.25, 0.3) is 0 Å². The zero-order valence-electron chi connectivity index (χ0n) is 15.9. The van der Waals surface area contributed by atoms with Gasteiger partial charge in [-0.2, -0.15) is 0 Å². The second-order valence-electron chi connectivity index (χ2n) is 7.09. The molecule has 1 saturated heterocycles. The number of aromatic nitrogens is 3. The monoisotopic (exact) mass is 441 g/mol. The van der Waals surface area contributed by atoms with Crippen molar-refractivity contribution in [2.45, 2.75) is 0 Å². The average molecular weight is 441 g/mol. The second-order valence-corrected chi connectivity index (χ2v) is 7.93. The molecule has 3 heterocycles. The molecule has 0 aliphatic carbocycles. The van der Waals surface area contributed by atoms with Crippen LogP contribution in [0.4, 0.5) is 5.69 Å². The summed E-state index contributed by atoms with van der Waals surface area (Å²) in [5.74, 6) is 0. The van der Waals surface area contributed by atoms with Crippen molar-refractivity contribution in [1.82, 2.24) is 20.3 Å². The van der Waals surface area contributed by atoms with Crippen molar-refractivity contribution in [3.8, 4) is 22.5 Å². The molecule has 142 valence electrons. The van der Waals surface area contributed by atoms with E-state index in [1.54, 1.807) is 0 Å². The average Bonchev–Trinajstić information content (AvgIpc) is 2.79. The second kappa shape index (κ2) is 7.94. The number of anilines is 1. The zero-order chi connectivity index (χ0) is 19.6. The molecule has 29 heavy (non-hydrogen) atoms. The molecule has 5 nitrogen and oxygen atoms in total. The Balaban J connectivity index is 1.55. The van der Waals surface area contributed by atoms with Crippen LogP contribution in [-0.4, -0.2) is 58.0 Å². The fraction of sp³-hybridized carbons (Fsp3) is 0.174. The number of pyridine rings is 1. The number of benzene rings is 2. The van der Waals surface area contributed by atoms with Crippen LogP contribution in [0.15, 0.2) is 66.7 Å². The van der Waals surface area contributed by atoms with E-state index in [-0.39, 0.29) is 0 Å². The van der Waals surface area contributed by atoms with Crippen molar-refractivity contribution >= 4 is 38.2 Å². The van der Waals surface area contributed by atoms with Crippen molar-refractivity contribution < 1.29 is 0 Å². The molecule has 0 unspecified atom stereocenters. The third kappa shape index (κ3) is 3.76. The molecule has 0 atom stereocenters. The molecule has 2 aromatic carbocycles. The molecule has 0 saturated carbocycles. The van der Waals surface area contributed by atoms with Crippen LogP contribution >= 0.6 is 0 Å². The molecule has 6 heteroatoms. The quantitative estimate of drug-likeness (QED) is 0.496. The molecule has 1 aliphatic heterocycles.